The van der Waals surface area contributed by atoms with Gasteiger partial charge in [0.25, 0.3) is 0 Å². The Kier molecular flexibility index (Phi) is 8.81. The number of halogens is 3. The van der Waals surface area contributed by atoms with Crippen LogP contribution in [0.2, 0.25) is 0 Å². The van der Waals surface area contributed by atoms with Crippen molar-refractivity contribution in [2.75, 3.05) is 13.2 Å². The maximum atomic E-state index is 12.6. The van der Waals surface area contributed by atoms with Gasteiger partial charge in [-0.15, -0.1) is 0 Å². The van der Waals surface area contributed by atoms with Crippen molar-refractivity contribution in [1.82, 2.24) is 0 Å². The highest BCUT2D eigenvalue weighted by Crippen LogP contribution is 2.50. The van der Waals surface area contributed by atoms with E-state index in [0.717, 1.165) is 12.8 Å². The van der Waals surface area contributed by atoms with E-state index in [0.29, 0.717) is 12.8 Å². The van der Waals surface area contributed by atoms with Gasteiger partial charge in [0.1, 0.15) is 5.75 Å². The second-order valence-corrected chi connectivity index (χ2v) is 6.94. The Bertz CT molecular complexity index is 520. The SMILES string of the molecule is CCCCOP(=O)(OCCCC)Oc1cccc(CC(F)(F)F)c1. The summed E-state index contributed by atoms with van der Waals surface area (Å²) >= 11 is 0. The molecule has 1 aromatic rings. The van der Waals surface area contributed by atoms with Crippen molar-refractivity contribution in [3.63, 3.8) is 0 Å². The molecule has 0 aromatic heterocycles. The minimum absolute atomic E-state index is 0.0219. The highest BCUT2D eigenvalue weighted by molar-refractivity contribution is 7.48. The molecule has 0 aliphatic carbocycles. The minimum Gasteiger partial charge on any atom is -0.404 e. The van der Waals surface area contributed by atoms with E-state index in [9.17, 15) is 17.7 Å². The molecule has 0 fully saturated rings. The van der Waals surface area contributed by atoms with E-state index in [-0.39, 0.29) is 24.5 Å². The minimum atomic E-state index is -4.32. The molecular weight excluding hydrogens is 344 g/mol. The van der Waals surface area contributed by atoms with Crippen molar-refractivity contribution >= 4 is 7.82 Å². The molecule has 0 radical (unpaired) electrons. The van der Waals surface area contributed by atoms with Crippen molar-refractivity contribution in [1.29, 1.82) is 0 Å². The average Bonchev–Trinajstić information content (AvgIpc) is 2.46. The van der Waals surface area contributed by atoms with Crippen LogP contribution in [0.25, 0.3) is 0 Å². The van der Waals surface area contributed by atoms with Crippen molar-refractivity contribution in [2.24, 2.45) is 0 Å². The van der Waals surface area contributed by atoms with Crippen LogP contribution in [0.1, 0.15) is 45.1 Å². The summed E-state index contributed by atoms with van der Waals surface area (Å²) in [6.45, 7) is 4.30. The second-order valence-electron chi connectivity index (χ2n) is 5.35. The Labute approximate surface area is 140 Å². The molecule has 0 amide bonds. The lowest BCUT2D eigenvalue weighted by Gasteiger charge is -2.19. The topological polar surface area (TPSA) is 44.8 Å². The molecule has 0 atom stereocenters. The Balaban J connectivity index is 2.80. The zero-order valence-corrected chi connectivity index (χ0v) is 14.9. The lowest BCUT2D eigenvalue weighted by molar-refractivity contribution is -0.127. The van der Waals surface area contributed by atoms with E-state index in [1.54, 1.807) is 0 Å². The summed E-state index contributed by atoms with van der Waals surface area (Å²) in [7, 11) is -3.85. The molecule has 0 unspecified atom stereocenters. The van der Waals surface area contributed by atoms with E-state index in [1.807, 2.05) is 13.8 Å². The molecule has 4 nitrogen and oxygen atoms in total. The van der Waals surface area contributed by atoms with Gasteiger partial charge in [-0.05, 0) is 30.5 Å². The van der Waals surface area contributed by atoms with Gasteiger partial charge in [-0.1, -0.05) is 38.8 Å². The fourth-order valence-electron chi connectivity index (χ4n) is 1.80. The molecule has 1 aromatic carbocycles. The Morgan fingerprint density at radius 3 is 2.12 bits per heavy atom. The van der Waals surface area contributed by atoms with Crippen LogP contribution >= 0.6 is 7.82 Å². The predicted molar refractivity (Wildman–Crippen MR) is 86.2 cm³/mol. The van der Waals surface area contributed by atoms with Crippen molar-refractivity contribution in [2.45, 2.75) is 52.1 Å². The molecule has 8 heteroatoms. The van der Waals surface area contributed by atoms with E-state index in [2.05, 4.69) is 0 Å². The Hall–Kier alpha value is -1.04. The molecule has 0 aliphatic heterocycles. The summed E-state index contributed by atoms with van der Waals surface area (Å²) in [5.74, 6) is 0.0353. The standard InChI is InChI=1S/C16H24F3O4P/c1-3-5-10-21-24(20,22-11-6-4-2)23-15-9-7-8-14(12-15)13-16(17,18)19/h7-9,12H,3-6,10-11,13H2,1-2H3. The Morgan fingerprint density at radius 2 is 1.62 bits per heavy atom. The molecule has 0 saturated heterocycles. The first-order valence-electron chi connectivity index (χ1n) is 8.02. The first-order chi connectivity index (χ1) is 11.3. The quantitative estimate of drug-likeness (QED) is 0.360. The first-order valence-corrected chi connectivity index (χ1v) is 9.48. The summed E-state index contributed by atoms with van der Waals surface area (Å²) in [4.78, 5) is 0. The number of phosphoric ester groups is 1. The van der Waals surface area contributed by atoms with Crippen LogP contribution in [0.4, 0.5) is 13.2 Å². The third-order valence-corrected chi connectivity index (χ3v) is 4.45. The van der Waals surface area contributed by atoms with Gasteiger partial charge in [-0.3, -0.25) is 9.05 Å². The van der Waals surface area contributed by atoms with Gasteiger partial charge >= 0.3 is 14.0 Å². The third-order valence-electron chi connectivity index (χ3n) is 3.01. The number of rotatable bonds is 11. The summed E-state index contributed by atoms with van der Waals surface area (Å²) in [5, 5.41) is 0. The maximum absolute atomic E-state index is 12.6. The summed E-state index contributed by atoms with van der Waals surface area (Å²) in [5.41, 5.74) is 0.0219. The number of phosphoric acid groups is 1. The number of alkyl halides is 3. The highest BCUT2D eigenvalue weighted by Gasteiger charge is 2.30. The summed E-state index contributed by atoms with van der Waals surface area (Å²) in [6, 6.07) is 5.38. The average molecular weight is 368 g/mol. The van der Waals surface area contributed by atoms with Gasteiger partial charge < -0.3 is 4.52 Å². The third kappa shape index (κ3) is 8.71. The fraction of sp³-hybridized carbons (Fsp3) is 0.625. The van der Waals surface area contributed by atoms with Crippen LogP contribution in [0.15, 0.2) is 24.3 Å². The van der Waals surface area contributed by atoms with Gasteiger partial charge in [0, 0.05) is 0 Å². The first kappa shape index (κ1) is 21.0. The molecule has 0 saturated carbocycles. The molecule has 0 N–H and O–H groups in total. The van der Waals surface area contributed by atoms with E-state index in [4.69, 9.17) is 13.6 Å². The van der Waals surface area contributed by atoms with Gasteiger partial charge in [0.2, 0.25) is 0 Å². The normalized spacial score (nSPS) is 12.4. The molecule has 24 heavy (non-hydrogen) atoms. The van der Waals surface area contributed by atoms with E-state index < -0.39 is 20.4 Å². The Morgan fingerprint density at radius 1 is 1.04 bits per heavy atom. The number of hydrogen-bond donors (Lipinski definition) is 0. The van der Waals surface area contributed by atoms with Crippen LogP contribution < -0.4 is 4.52 Å². The van der Waals surface area contributed by atoms with Crippen LogP contribution in [-0.4, -0.2) is 19.4 Å². The molecule has 0 bridgehead atoms. The molecular formula is C16H24F3O4P. The number of unbranched alkanes of at least 4 members (excludes halogenated alkanes) is 2. The summed E-state index contributed by atoms with van der Waals surface area (Å²) < 4.78 is 65.9. The van der Waals surface area contributed by atoms with Crippen LogP contribution in [0.3, 0.4) is 0 Å². The van der Waals surface area contributed by atoms with Crippen LogP contribution in [0, 0.1) is 0 Å². The number of benzene rings is 1. The zero-order valence-electron chi connectivity index (χ0n) is 14.0. The maximum Gasteiger partial charge on any atom is 0.530 e. The van der Waals surface area contributed by atoms with Crippen molar-refractivity contribution in [3.8, 4) is 5.75 Å². The molecule has 0 spiro atoms. The highest BCUT2D eigenvalue weighted by atomic mass is 31.2. The molecule has 1 rings (SSSR count). The smallest absolute Gasteiger partial charge is 0.404 e. The fourth-order valence-corrected chi connectivity index (χ4v) is 3.06. The van der Waals surface area contributed by atoms with Crippen molar-refractivity contribution < 1.29 is 31.3 Å². The van der Waals surface area contributed by atoms with Crippen LogP contribution in [0.5, 0.6) is 5.75 Å². The molecule has 138 valence electrons. The monoisotopic (exact) mass is 368 g/mol. The van der Waals surface area contributed by atoms with Gasteiger partial charge in [0.15, 0.2) is 0 Å². The van der Waals surface area contributed by atoms with Gasteiger partial charge in [-0.25, -0.2) is 4.57 Å². The largest absolute Gasteiger partial charge is 0.530 e. The van der Waals surface area contributed by atoms with Gasteiger partial charge in [0.05, 0.1) is 19.6 Å². The number of hydrogen-bond acceptors (Lipinski definition) is 4. The van der Waals surface area contributed by atoms with E-state index >= 15 is 0 Å². The van der Waals surface area contributed by atoms with Gasteiger partial charge in [-0.2, -0.15) is 13.2 Å². The lowest BCUT2D eigenvalue weighted by atomic mass is 10.1. The molecule has 0 aliphatic rings. The predicted octanol–water partition coefficient (Wildman–Crippen LogP) is 5.91. The van der Waals surface area contributed by atoms with E-state index in [1.165, 1.54) is 24.3 Å². The summed E-state index contributed by atoms with van der Waals surface area (Å²) in [6.07, 6.45) is -2.36. The second kappa shape index (κ2) is 10.1. The molecule has 0 heterocycles. The lowest BCUT2D eigenvalue weighted by Crippen LogP contribution is -2.11. The zero-order chi connectivity index (χ0) is 18.1. The van der Waals surface area contributed by atoms with Crippen LogP contribution in [-0.2, 0) is 20.0 Å². The van der Waals surface area contributed by atoms with Crippen molar-refractivity contribution in [3.05, 3.63) is 29.8 Å².